The van der Waals surface area contributed by atoms with E-state index in [1.807, 2.05) is 6.07 Å². The molecule has 2 aromatic carbocycles. The number of carbonyl (C=O) groups excluding carboxylic acids is 4. The van der Waals surface area contributed by atoms with Crippen LogP contribution in [0.2, 0.25) is 0 Å². The lowest BCUT2D eigenvalue weighted by molar-refractivity contribution is -0.140. The number of aryl methyl sites for hydroxylation is 1. The SMILES string of the molecule is CN(CC(=O)NCC(=O)O)C(=O)[C@H](Cc1ccccc1)NC(=O)CNC(=O)CCc1ccc(O)cc1. The molecule has 36 heavy (non-hydrogen) atoms. The highest BCUT2D eigenvalue weighted by Crippen LogP contribution is 2.11. The number of amides is 4. The van der Waals surface area contributed by atoms with E-state index < -0.39 is 36.3 Å². The molecule has 0 saturated carbocycles. The molecule has 11 heteroatoms. The van der Waals surface area contributed by atoms with E-state index in [4.69, 9.17) is 5.11 Å². The molecule has 0 saturated heterocycles. The van der Waals surface area contributed by atoms with E-state index >= 15 is 0 Å². The Kier molecular flexibility index (Phi) is 10.9. The van der Waals surface area contributed by atoms with Crippen molar-refractivity contribution in [3.63, 3.8) is 0 Å². The predicted octanol–water partition coefficient (Wildman–Crippen LogP) is -0.172. The minimum Gasteiger partial charge on any atom is -0.508 e. The number of aromatic hydroxyl groups is 1. The quantitative estimate of drug-likeness (QED) is 0.256. The van der Waals surface area contributed by atoms with Crippen LogP contribution in [0.3, 0.4) is 0 Å². The van der Waals surface area contributed by atoms with Gasteiger partial charge in [-0.15, -0.1) is 0 Å². The maximum atomic E-state index is 13.0. The number of likely N-dealkylation sites (N-methyl/N-ethyl adjacent to an activating group) is 1. The molecule has 1 atom stereocenters. The van der Waals surface area contributed by atoms with Crippen LogP contribution in [-0.4, -0.2) is 77.4 Å². The Bertz CT molecular complexity index is 1060. The van der Waals surface area contributed by atoms with Crippen molar-refractivity contribution in [2.24, 2.45) is 0 Å². The summed E-state index contributed by atoms with van der Waals surface area (Å²) in [6.45, 7) is -1.30. The highest BCUT2D eigenvalue weighted by atomic mass is 16.4. The third kappa shape index (κ3) is 10.2. The number of benzene rings is 2. The fourth-order valence-corrected chi connectivity index (χ4v) is 3.27. The molecule has 0 aliphatic rings. The van der Waals surface area contributed by atoms with E-state index in [1.54, 1.807) is 36.4 Å². The standard InChI is InChI=1S/C25H30N4O7/c1-29(16-23(33)27-15-24(34)35)25(36)20(13-18-5-3-2-4-6-18)28-22(32)14-26-21(31)12-9-17-7-10-19(30)11-8-17/h2-8,10-11,20,30H,9,12-16H2,1H3,(H,26,31)(H,27,33)(H,28,32)(H,34,35)/t20-/m0/s1. The molecule has 0 aliphatic carbocycles. The van der Waals surface area contributed by atoms with Gasteiger partial charge in [0.1, 0.15) is 18.3 Å². The lowest BCUT2D eigenvalue weighted by atomic mass is 10.0. The molecule has 0 unspecified atom stereocenters. The van der Waals surface area contributed by atoms with Crippen molar-refractivity contribution in [2.75, 3.05) is 26.7 Å². The number of carbonyl (C=O) groups is 5. The molecular formula is C25H30N4O7. The first kappa shape index (κ1) is 27.8. The number of phenolic OH excluding ortho intramolecular Hbond substituents is 1. The van der Waals surface area contributed by atoms with Gasteiger partial charge in [0.2, 0.25) is 23.6 Å². The molecule has 192 valence electrons. The average molecular weight is 499 g/mol. The monoisotopic (exact) mass is 498 g/mol. The summed E-state index contributed by atoms with van der Waals surface area (Å²) < 4.78 is 0. The minimum absolute atomic E-state index is 0.131. The molecule has 0 spiro atoms. The summed E-state index contributed by atoms with van der Waals surface area (Å²) in [5, 5.41) is 25.3. The Balaban J connectivity index is 1.92. The van der Waals surface area contributed by atoms with Gasteiger partial charge in [0, 0.05) is 19.9 Å². The van der Waals surface area contributed by atoms with Crippen molar-refractivity contribution in [1.29, 1.82) is 0 Å². The van der Waals surface area contributed by atoms with Crippen LogP contribution in [0.15, 0.2) is 54.6 Å². The van der Waals surface area contributed by atoms with Crippen LogP contribution < -0.4 is 16.0 Å². The van der Waals surface area contributed by atoms with Gasteiger partial charge in [0.25, 0.3) is 0 Å². The van der Waals surface area contributed by atoms with Crippen molar-refractivity contribution in [1.82, 2.24) is 20.9 Å². The number of hydrogen-bond acceptors (Lipinski definition) is 6. The number of hydrogen-bond donors (Lipinski definition) is 5. The van der Waals surface area contributed by atoms with Gasteiger partial charge < -0.3 is 31.1 Å². The molecule has 0 heterocycles. The Labute approximate surface area is 208 Å². The molecule has 5 N–H and O–H groups in total. The Morgan fingerprint density at radius 3 is 2.11 bits per heavy atom. The fraction of sp³-hybridized carbons (Fsp3) is 0.320. The van der Waals surface area contributed by atoms with Gasteiger partial charge in [-0.05, 0) is 29.7 Å². The Hall–Kier alpha value is -4.41. The number of nitrogens with one attached hydrogen (secondary N) is 3. The summed E-state index contributed by atoms with van der Waals surface area (Å²) in [5.74, 6) is -3.21. The Morgan fingerprint density at radius 1 is 0.833 bits per heavy atom. The number of rotatable bonds is 13. The van der Waals surface area contributed by atoms with E-state index in [0.29, 0.717) is 6.42 Å². The van der Waals surface area contributed by atoms with Gasteiger partial charge in [0.15, 0.2) is 0 Å². The third-order valence-electron chi connectivity index (χ3n) is 5.13. The zero-order chi connectivity index (χ0) is 26.5. The second-order valence-corrected chi connectivity index (χ2v) is 8.12. The van der Waals surface area contributed by atoms with Gasteiger partial charge in [-0.3, -0.25) is 24.0 Å². The summed E-state index contributed by atoms with van der Waals surface area (Å²) in [6, 6.07) is 14.4. The van der Waals surface area contributed by atoms with Gasteiger partial charge in [-0.1, -0.05) is 42.5 Å². The summed E-state index contributed by atoms with van der Waals surface area (Å²) >= 11 is 0. The number of phenols is 1. The first-order chi connectivity index (χ1) is 17.1. The number of carboxylic acid groups (broad SMARTS) is 1. The zero-order valence-electron chi connectivity index (χ0n) is 19.9. The number of aliphatic carboxylic acids is 1. The first-order valence-corrected chi connectivity index (χ1v) is 11.3. The summed E-state index contributed by atoms with van der Waals surface area (Å²) in [5.41, 5.74) is 1.63. The van der Waals surface area contributed by atoms with Crippen LogP contribution >= 0.6 is 0 Å². The van der Waals surface area contributed by atoms with E-state index in [9.17, 15) is 29.1 Å². The van der Waals surface area contributed by atoms with Crippen LogP contribution in [-0.2, 0) is 36.8 Å². The van der Waals surface area contributed by atoms with E-state index in [1.165, 1.54) is 19.2 Å². The topological polar surface area (TPSA) is 165 Å². The first-order valence-electron chi connectivity index (χ1n) is 11.3. The summed E-state index contributed by atoms with van der Waals surface area (Å²) in [4.78, 5) is 61.3. The Morgan fingerprint density at radius 2 is 1.47 bits per heavy atom. The number of nitrogens with zero attached hydrogens (tertiary/aromatic N) is 1. The van der Waals surface area contributed by atoms with Gasteiger partial charge in [0.05, 0.1) is 13.1 Å². The molecule has 2 rings (SSSR count). The molecule has 0 fully saturated rings. The van der Waals surface area contributed by atoms with E-state index in [2.05, 4.69) is 16.0 Å². The van der Waals surface area contributed by atoms with Crippen LogP contribution in [0.1, 0.15) is 17.5 Å². The number of carboxylic acids is 1. The van der Waals surface area contributed by atoms with Gasteiger partial charge in [-0.2, -0.15) is 0 Å². The molecule has 0 radical (unpaired) electrons. The second-order valence-electron chi connectivity index (χ2n) is 8.12. The third-order valence-corrected chi connectivity index (χ3v) is 5.13. The van der Waals surface area contributed by atoms with Crippen LogP contribution in [0.25, 0.3) is 0 Å². The molecule has 0 aliphatic heterocycles. The average Bonchev–Trinajstić information content (AvgIpc) is 2.85. The van der Waals surface area contributed by atoms with Gasteiger partial charge in [-0.25, -0.2) is 0 Å². The van der Waals surface area contributed by atoms with E-state index in [-0.39, 0.29) is 37.6 Å². The zero-order valence-corrected chi connectivity index (χ0v) is 19.9. The summed E-state index contributed by atoms with van der Waals surface area (Å²) in [6.07, 6.45) is 0.720. The highest BCUT2D eigenvalue weighted by Gasteiger charge is 2.25. The molecule has 11 nitrogen and oxygen atoms in total. The molecule has 0 aromatic heterocycles. The van der Waals surface area contributed by atoms with Crippen molar-refractivity contribution in [2.45, 2.75) is 25.3 Å². The summed E-state index contributed by atoms with van der Waals surface area (Å²) in [7, 11) is 1.37. The van der Waals surface area contributed by atoms with Crippen molar-refractivity contribution < 1.29 is 34.2 Å². The highest BCUT2D eigenvalue weighted by molar-refractivity contribution is 5.92. The molecule has 4 amide bonds. The lowest BCUT2D eigenvalue weighted by Crippen LogP contribution is -2.52. The maximum absolute atomic E-state index is 13.0. The fourth-order valence-electron chi connectivity index (χ4n) is 3.27. The van der Waals surface area contributed by atoms with Crippen molar-refractivity contribution >= 4 is 29.6 Å². The van der Waals surface area contributed by atoms with Gasteiger partial charge >= 0.3 is 5.97 Å². The predicted molar refractivity (Wildman–Crippen MR) is 130 cm³/mol. The maximum Gasteiger partial charge on any atom is 0.322 e. The normalized spacial score (nSPS) is 11.1. The largest absolute Gasteiger partial charge is 0.508 e. The van der Waals surface area contributed by atoms with Crippen LogP contribution in [0.5, 0.6) is 5.75 Å². The molecule has 0 bridgehead atoms. The van der Waals surface area contributed by atoms with Crippen molar-refractivity contribution in [3.8, 4) is 5.75 Å². The molecular weight excluding hydrogens is 468 g/mol. The lowest BCUT2D eigenvalue weighted by Gasteiger charge is -2.24. The smallest absolute Gasteiger partial charge is 0.322 e. The van der Waals surface area contributed by atoms with Crippen LogP contribution in [0, 0.1) is 0 Å². The second kappa shape index (κ2) is 14.1. The van der Waals surface area contributed by atoms with E-state index in [0.717, 1.165) is 16.0 Å². The minimum atomic E-state index is -1.21. The van der Waals surface area contributed by atoms with Crippen molar-refractivity contribution in [3.05, 3.63) is 65.7 Å². The van der Waals surface area contributed by atoms with Crippen LogP contribution in [0.4, 0.5) is 0 Å². The molecule has 2 aromatic rings.